The predicted octanol–water partition coefficient (Wildman–Crippen LogP) is 4.89. The SMILES string of the molecule is CC(=O)CNc1nc(-c2ccc(C(F)(F)F)cc2)c(-c2ccncc2)s1. The Hall–Kier alpha value is -2.74. The lowest BCUT2D eigenvalue weighted by Gasteiger charge is -2.07. The quantitative estimate of drug-likeness (QED) is 0.688. The number of carbonyl (C=O) groups excluding carboxylic acids is 1. The van der Waals surface area contributed by atoms with Crippen molar-refractivity contribution in [3.63, 3.8) is 0 Å². The highest BCUT2D eigenvalue weighted by molar-refractivity contribution is 7.19. The molecule has 0 aliphatic heterocycles. The van der Waals surface area contributed by atoms with Gasteiger partial charge in [0.05, 0.1) is 22.7 Å². The fourth-order valence-electron chi connectivity index (χ4n) is 2.31. The van der Waals surface area contributed by atoms with Crippen LogP contribution in [0.2, 0.25) is 0 Å². The highest BCUT2D eigenvalue weighted by Crippen LogP contribution is 2.39. The molecule has 0 saturated carbocycles. The summed E-state index contributed by atoms with van der Waals surface area (Å²) in [6.45, 7) is 1.59. The van der Waals surface area contributed by atoms with Crippen LogP contribution in [-0.4, -0.2) is 22.3 Å². The lowest BCUT2D eigenvalue weighted by Crippen LogP contribution is -2.09. The number of alkyl halides is 3. The summed E-state index contributed by atoms with van der Waals surface area (Å²) in [5.41, 5.74) is 1.26. The van der Waals surface area contributed by atoms with Crippen LogP contribution in [0.4, 0.5) is 18.3 Å². The number of rotatable bonds is 5. The first-order valence-corrected chi connectivity index (χ1v) is 8.48. The number of Topliss-reactive ketones (excluding diaryl/α,β-unsaturated/α-hetero) is 1. The second-order valence-electron chi connectivity index (χ2n) is 5.56. The molecule has 26 heavy (non-hydrogen) atoms. The molecular weight excluding hydrogens is 363 g/mol. The molecule has 0 fully saturated rings. The fourth-order valence-corrected chi connectivity index (χ4v) is 3.30. The average Bonchev–Trinajstić information content (AvgIpc) is 3.04. The van der Waals surface area contributed by atoms with Crippen molar-refractivity contribution in [1.29, 1.82) is 0 Å². The maximum Gasteiger partial charge on any atom is 0.416 e. The largest absolute Gasteiger partial charge is 0.416 e. The Balaban J connectivity index is 2.02. The van der Waals surface area contributed by atoms with Crippen LogP contribution in [0, 0.1) is 0 Å². The number of aromatic nitrogens is 2. The van der Waals surface area contributed by atoms with Gasteiger partial charge in [-0.3, -0.25) is 9.78 Å². The van der Waals surface area contributed by atoms with E-state index in [0.717, 1.165) is 22.6 Å². The Morgan fingerprint density at radius 3 is 2.31 bits per heavy atom. The molecule has 3 rings (SSSR count). The van der Waals surface area contributed by atoms with E-state index in [1.807, 2.05) is 0 Å². The molecule has 8 heteroatoms. The molecule has 2 heterocycles. The van der Waals surface area contributed by atoms with Crippen molar-refractivity contribution in [2.24, 2.45) is 0 Å². The minimum Gasteiger partial charge on any atom is -0.354 e. The van der Waals surface area contributed by atoms with E-state index in [1.54, 1.807) is 24.5 Å². The smallest absolute Gasteiger partial charge is 0.354 e. The van der Waals surface area contributed by atoms with Gasteiger partial charge in [-0.15, -0.1) is 0 Å². The molecule has 2 aromatic heterocycles. The summed E-state index contributed by atoms with van der Waals surface area (Å²) in [6, 6.07) is 8.47. The highest BCUT2D eigenvalue weighted by atomic mass is 32.1. The predicted molar refractivity (Wildman–Crippen MR) is 95.0 cm³/mol. The molecule has 1 N–H and O–H groups in total. The summed E-state index contributed by atoms with van der Waals surface area (Å²) in [4.78, 5) is 20.4. The number of nitrogens with one attached hydrogen (secondary N) is 1. The summed E-state index contributed by atoms with van der Waals surface area (Å²) in [7, 11) is 0. The van der Waals surface area contributed by atoms with Crippen LogP contribution in [0.3, 0.4) is 0 Å². The van der Waals surface area contributed by atoms with E-state index in [1.165, 1.54) is 30.4 Å². The van der Waals surface area contributed by atoms with Gasteiger partial charge in [0.15, 0.2) is 5.13 Å². The fraction of sp³-hybridized carbons (Fsp3) is 0.167. The van der Waals surface area contributed by atoms with Crippen LogP contribution < -0.4 is 5.32 Å². The maximum atomic E-state index is 12.8. The number of ketones is 1. The molecule has 0 amide bonds. The molecule has 134 valence electrons. The van der Waals surface area contributed by atoms with E-state index in [-0.39, 0.29) is 12.3 Å². The summed E-state index contributed by atoms with van der Waals surface area (Å²) in [5, 5.41) is 3.47. The van der Waals surface area contributed by atoms with Crippen LogP contribution in [0.15, 0.2) is 48.8 Å². The minimum absolute atomic E-state index is 0.0401. The topological polar surface area (TPSA) is 54.9 Å². The van der Waals surface area contributed by atoms with Crippen molar-refractivity contribution in [2.45, 2.75) is 13.1 Å². The summed E-state index contributed by atoms with van der Waals surface area (Å²) in [6.07, 6.45) is -1.12. The van der Waals surface area contributed by atoms with E-state index in [4.69, 9.17) is 0 Å². The molecule has 4 nitrogen and oxygen atoms in total. The molecule has 0 aliphatic rings. The number of thiazole rings is 1. The van der Waals surface area contributed by atoms with Gasteiger partial charge in [0.25, 0.3) is 0 Å². The van der Waals surface area contributed by atoms with E-state index in [9.17, 15) is 18.0 Å². The second kappa shape index (κ2) is 7.25. The number of benzene rings is 1. The Morgan fingerprint density at radius 1 is 1.08 bits per heavy atom. The Kier molecular flexibility index (Phi) is 5.03. The van der Waals surface area contributed by atoms with Gasteiger partial charge in [-0.05, 0) is 36.8 Å². The summed E-state index contributed by atoms with van der Waals surface area (Å²) in [5.74, 6) is -0.0401. The van der Waals surface area contributed by atoms with Crippen LogP contribution in [0.5, 0.6) is 0 Å². The molecule has 3 aromatic rings. The van der Waals surface area contributed by atoms with Crippen molar-refractivity contribution in [1.82, 2.24) is 9.97 Å². The number of halogens is 3. The van der Waals surface area contributed by atoms with E-state index >= 15 is 0 Å². The Bertz CT molecular complexity index is 906. The first-order valence-electron chi connectivity index (χ1n) is 7.67. The first-order chi connectivity index (χ1) is 12.3. The number of pyridine rings is 1. The first kappa shape index (κ1) is 18.1. The number of hydrogen-bond acceptors (Lipinski definition) is 5. The van der Waals surface area contributed by atoms with Gasteiger partial charge in [0, 0.05) is 18.0 Å². The molecule has 1 aromatic carbocycles. The van der Waals surface area contributed by atoms with Crippen molar-refractivity contribution < 1.29 is 18.0 Å². The van der Waals surface area contributed by atoms with Gasteiger partial charge in [0.2, 0.25) is 0 Å². The van der Waals surface area contributed by atoms with Crippen LogP contribution in [0.1, 0.15) is 12.5 Å². The van der Waals surface area contributed by atoms with E-state index in [0.29, 0.717) is 16.4 Å². The van der Waals surface area contributed by atoms with E-state index in [2.05, 4.69) is 15.3 Å². The lowest BCUT2D eigenvalue weighted by atomic mass is 10.1. The molecule has 0 unspecified atom stereocenters. The Labute approximate surface area is 151 Å². The van der Waals surface area contributed by atoms with Crippen LogP contribution >= 0.6 is 11.3 Å². The molecule has 0 spiro atoms. The van der Waals surface area contributed by atoms with Gasteiger partial charge < -0.3 is 5.32 Å². The third-order valence-electron chi connectivity index (χ3n) is 3.54. The van der Waals surface area contributed by atoms with Gasteiger partial charge in [-0.1, -0.05) is 23.5 Å². The highest BCUT2D eigenvalue weighted by Gasteiger charge is 2.30. The van der Waals surface area contributed by atoms with Crippen molar-refractivity contribution in [2.75, 3.05) is 11.9 Å². The van der Waals surface area contributed by atoms with Gasteiger partial charge in [-0.25, -0.2) is 4.98 Å². The lowest BCUT2D eigenvalue weighted by molar-refractivity contribution is -0.137. The number of hydrogen-bond donors (Lipinski definition) is 1. The summed E-state index contributed by atoms with van der Waals surface area (Å²) < 4.78 is 38.4. The van der Waals surface area contributed by atoms with Crippen LogP contribution in [-0.2, 0) is 11.0 Å². The van der Waals surface area contributed by atoms with Gasteiger partial charge in [-0.2, -0.15) is 13.2 Å². The molecule has 0 bridgehead atoms. The molecule has 0 atom stereocenters. The van der Waals surface area contributed by atoms with Gasteiger partial charge in [0.1, 0.15) is 5.78 Å². The van der Waals surface area contributed by atoms with E-state index < -0.39 is 11.7 Å². The zero-order valence-electron chi connectivity index (χ0n) is 13.7. The molecule has 0 saturated heterocycles. The monoisotopic (exact) mass is 377 g/mol. The molecule has 0 radical (unpaired) electrons. The third kappa shape index (κ3) is 4.08. The summed E-state index contributed by atoms with van der Waals surface area (Å²) >= 11 is 1.33. The van der Waals surface area contributed by atoms with Crippen molar-refractivity contribution >= 4 is 22.3 Å². The third-order valence-corrected chi connectivity index (χ3v) is 4.61. The number of carbonyl (C=O) groups is 1. The molecule has 0 aliphatic carbocycles. The normalized spacial score (nSPS) is 11.4. The zero-order chi connectivity index (χ0) is 18.7. The molecular formula is C18H14F3N3OS. The van der Waals surface area contributed by atoms with Crippen molar-refractivity contribution in [3.05, 3.63) is 54.4 Å². The second-order valence-corrected chi connectivity index (χ2v) is 6.56. The number of nitrogens with zero attached hydrogens (tertiary/aromatic N) is 2. The Morgan fingerprint density at radius 2 is 1.73 bits per heavy atom. The average molecular weight is 377 g/mol. The number of anilines is 1. The maximum absolute atomic E-state index is 12.8. The zero-order valence-corrected chi connectivity index (χ0v) is 14.5. The standard InChI is InChI=1S/C18H14F3N3OS/c1-11(25)10-23-17-24-15(16(26-17)13-6-8-22-9-7-13)12-2-4-14(5-3-12)18(19,20)21/h2-9H,10H2,1H3,(H,23,24). The van der Waals surface area contributed by atoms with Crippen LogP contribution in [0.25, 0.3) is 21.7 Å². The van der Waals surface area contributed by atoms with Crippen molar-refractivity contribution in [3.8, 4) is 21.7 Å². The van der Waals surface area contributed by atoms with Gasteiger partial charge >= 0.3 is 6.18 Å². The minimum atomic E-state index is -4.39.